The molecule has 1 rings (SSSR count). The summed E-state index contributed by atoms with van der Waals surface area (Å²) in [5.41, 5.74) is 6.70. The number of halogens is 1. The summed E-state index contributed by atoms with van der Waals surface area (Å²) in [4.78, 5) is 25.3. The molecule has 0 spiro atoms. The van der Waals surface area contributed by atoms with Crippen molar-refractivity contribution in [3.05, 3.63) is 35.4 Å². The van der Waals surface area contributed by atoms with Crippen molar-refractivity contribution in [2.45, 2.75) is 38.8 Å². The Balaban J connectivity index is 0.00000441. The van der Waals surface area contributed by atoms with Gasteiger partial charge in [-0.15, -0.1) is 12.4 Å². The Hall–Kier alpha value is -1.59. The Morgan fingerprint density at radius 2 is 1.77 bits per heavy atom. The first-order chi connectivity index (χ1) is 9.77. The lowest BCUT2D eigenvalue weighted by Crippen LogP contribution is -2.51. The Morgan fingerprint density at radius 1 is 1.23 bits per heavy atom. The molecule has 22 heavy (non-hydrogen) atoms. The van der Waals surface area contributed by atoms with Crippen LogP contribution in [0.4, 0.5) is 0 Å². The monoisotopic (exact) mass is 327 g/mol. The molecular weight excluding hydrogens is 302 g/mol. The van der Waals surface area contributed by atoms with Crippen LogP contribution in [0, 0.1) is 0 Å². The summed E-state index contributed by atoms with van der Waals surface area (Å²) in [5.74, 6) is -0.194. The average molecular weight is 328 g/mol. The quantitative estimate of drug-likeness (QED) is 0.838. The van der Waals surface area contributed by atoms with E-state index in [1.54, 1.807) is 33.2 Å². The van der Waals surface area contributed by atoms with E-state index < -0.39 is 5.54 Å². The van der Waals surface area contributed by atoms with Crippen molar-refractivity contribution >= 4 is 24.2 Å². The van der Waals surface area contributed by atoms with Crippen molar-refractivity contribution in [1.82, 2.24) is 10.2 Å². The Bertz CT molecular complexity index is 499. The third kappa shape index (κ3) is 5.66. The molecule has 0 bridgehead atoms. The number of carbonyl (C=O) groups excluding carboxylic acids is 2. The standard InChI is InChI=1S/C16H25N3O2.ClH/c1-5-10-16(2,17)15(21)18-11-12-6-8-13(9-7-12)14(20)19(3)4;/h6-9H,5,10-11,17H2,1-4H3,(H,18,21);1H. The van der Waals surface area contributed by atoms with Crippen LogP contribution in [0.15, 0.2) is 24.3 Å². The highest BCUT2D eigenvalue weighted by Gasteiger charge is 2.26. The van der Waals surface area contributed by atoms with Crippen LogP contribution in [0.3, 0.4) is 0 Å². The molecule has 0 aliphatic heterocycles. The van der Waals surface area contributed by atoms with Gasteiger partial charge in [0.1, 0.15) is 0 Å². The third-order valence-electron chi connectivity index (χ3n) is 3.35. The van der Waals surface area contributed by atoms with Gasteiger partial charge in [0.25, 0.3) is 5.91 Å². The molecule has 5 nitrogen and oxygen atoms in total. The molecule has 1 aromatic rings. The molecule has 0 radical (unpaired) electrons. The van der Waals surface area contributed by atoms with Crippen LogP contribution in [0.2, 0.25) is 0 Å². The number of carbonyl (C=O) groups is 2. The lowest BCUT2D eigenvalue weighted by molar-refractivity contribution is -0.126. The largest absolute Gasteiger partial charge is 0.350 e. The van der Waals surface area contributed by atoms with Gasteiger partial charge in [0.15, 0.2) is 0 Å². The maximum Gasteiger partial charge on any atom is 0.253 e. The van der Waals surface area contributed by atoms with Crippen molar-refractivity contribution in [2.24, 2.45) is 5.73 Å². The summed E-state index contributed by atoms with van der Waals surface area (Å²) in [7, 11) is 3.43. The van der Waals surface area contributed by atoms with Gasteiger partial charge < -0.3 is 16.0 Å². The zero-order chi connectivity index (χ0) is 16.0. The fraction of sp³-hybridized carbons (Fsp3) is 0.500. The fourth-order valence-electron chi connectivity index (χ4n) is 2.04. The zero-order valence-corrected chi connectivity index (χ0v) is 14.5. The van der Waals surface area contributed by atoms with Gasteiger partial charge in [-0.25, -0.2) is 0 Å². The molecule has 1 aromatic carbocycles. The summed E-state index contributed by atoms with van der Waals surface area (Å²) in [6, 6.07) is 7.20. The summed E-state index contributed by atoms with van der Waals surface area (Å²) in [6.45, 7) is 4.15. The number of hydrogen-bond acceptors (Lipinski definition) is 3. The van der Waals surface area contributed by atoms with E-state index in [0.717, 1.165) is 12.0 Å². The first kappa shape index (κ1) is 20.4. The van der Waals surface area contributed by atoms with Crippen molar-refractivity contribution in [3.8, 4) is 0 Å². The van der Waals surface area contributed by atoms with E-state index in [4.69, 9.17) is 5.73 Å². The number of rotatable bonds is 6. The molecule has 1 unspecified atom stereocenters. The van der Waals surface area contributed by atoms with E-state index in [-0.39, 0.29) is 24.2 Å². The van der Waals surface area contributed by atoms with Crippen LogP contribution in [0.25, 0.3) is 0 Å². The lowest BCUT2D eigenvalue weighted by Gasteiger charge is -2.22. The molecule has 0 aliphatic carbocycles. The van der Waals surface area contributed by atoms with Gasteiger partial charge in [-0.2, -0.15) is 0 Å². The summed E-state index contributed by atoms with van der Waals surface area (Å²) >= 11 is 0. The molecule has 0 saturated carbocycles. The van der Waals surface area contributed by atoms with Crippen LogP contribution >= 0.6 is 12.4 Å². The van der Waals surface area contributed by atoms with E-state index in [1.165, 1.54) is 4.90 Å². The number of nitrogens with two attached hydrogens (primary N) is 1. The first-order valence-electron chi connectivity index (χ1n) is 7.15. The van der Waals surface area contributed by atoms with E-state index >= 15 is 0 Å². The highest BCUT2D eigenvalue weighted by molar-refractivity contribution is 5.93. The van der Waals surface area contributed by atoms with Gasteiger partial charge in [-0.3, -0.25) is 9.59 Å². The molecule has 6 heteroatoms. The maximum absolute atomic E-state index is 12.0. The van der Waals surface area contributed by atoms with Crippen molar-refractivity contribution in [3.63, 3.8) is 0 Å². The SMILES string of the molecule is CCCC(C)(N)C(=O)NCc1ccc(C(=O)N(C)C)cc1.Cl. The highest BCUT2D eigenvalue weighted by atomic mass is 35.5. The Kier molecular flexibility index (Phi) is 8.12. The molecule has 0 saturated heterocycles. The zero-order valence-electron chi connectivity index (χ0n) is 13.7. The summed E-state index contributed by atoms with van der Waals surface area (Å²) in [6.07, 6.45) is 1.51. The van der Waals surface area contributed by atoms with E-state index in [9.17, 15) is 9.59 Å². The second-order valence-electron chi connectivity index (χ2n) is 5.75. The van der Waals surface area contributed by atoms with Crippen LogP contribution in [-0.2, 0) is 11.3 Å². The molecular formula is C16H26ClN3O2. The van der Waals surface area contributed by atoms with E-state index in [0.29, 0.717) is 18.5 Å². The minimum absolute atomic E-state index is 0. The van der Waals surface area contributed by atoms with Crippen molar-refractivity contribution in [2.75, 3.05) is 14.1 Å². The van der Waals surface area contributed by atoms with Crippen molar-refractivity contribution < 1.29 is 9.59 Å². The van der Waals surface area contributed by atoms with Crippen LogP contribution in [-0.4, -0.2) is 36.3 Å². The first-order valence-corrected chi connectivity index (χ1v) is 7.15. The smallest absolute Gasteiger partial charge is 0.253 e. The molecule has 2 amide bonds. The molecule has 0 fully saturated rings. The van der Waals surface area contributed by atoms with Crippen LogP contribution in [0.5, 0.6) is 0 Å². The van der Waals surface area contributed by atoms with Gasteiger partial charge in [-0.1, -0.05) is 25.5 Å². The number of nitrogens with zero attached hydrogens (tertiary/aromatic N) is 1. The number of benzene rings is 1. The van der Waals surface area contributed by atoms with E-state index in [2.05, 4.69) is 5.32 Å². The molecule has 0 aromatic heterocycles. The fourth-order valence-corrected chi connectivity index (χ4v) is 2.04. The predicted molar refractivity (Wildman–Crippen MR) is 91.1 cm³/mol. The summed E-state index contributed by atoms with van der Waals surface area (Å²) < 4.78 is 0. The highest BCUT2D eigenvalue weighted by Crippen LogP contribution is 2.10. The molecule has 3 N–H and O–H groups in total. The second kappa shape index (κ2) is 8.76. The Morgan fingerprint density at radius 3 is 2.23 bits per heavy atom. The minimum Gasteiger partial charge on any atom is -0.350 e. The predicted octanol–water partition coefficient (Wildman–Crippen LogP) is 1.94. The number of nitrogens with one attached hydrogen (secondary N) is 1. The molecule has 1 atom stereocenters. The normalized spacial score (nSPS) is 12.8. The maximum atomic E-state index is 12.0. The van der Waals surface area contributed by atoms with Crippen molar-refractivity contribution in [1.29, 1.82) is 0 Å². The molecule has 0 aliphatic rings. The van der Waals surface area contributed by atoms with E-state index in [1.807, 2.05) is 19.1 Å². The number of hydrogen-bond donors (Lipinski definition) is 2. The second-order valence-corrected chi connectivity index (χ2v) is 5.75. The summed E-state index contributed by atoms with van der Waals surface area (Å²) in [5, 5.41) is 2.84. The lowest BCUT2D eigenvalue weighted by atomic mass is 9.96. The minimum atomic E-state index is -0.838. The third-order valence-corrected chi connectivity index (χ3v) is 3.35. The van der Waals surface area contributed by atoms with Crippen LogP contribution < -0.4 is 11.1 Å². The molecule has 0 heterocycles. The van der Waals surface area contributed by atoms with Gasteiger partial charge >= 0.3 is 0 Å². The Labute approximate surface area is 138 Å². The molecule has 124 valence electrons. The van der Waals surface area contributed by atoms with Gasteiger partial charge in [0.2, 0.25) is 5.91 Å². The van der Waals surface area contributed by atoms with Gasteiger partial charge in [0, 0.05) is 26.2 Å². The number of amides is 2. The van der Waals surface area contributed by atoms with Gasteiger partial charge in [-0.05, 0) is 31.0 Å². The average Bonchev–Trinajstić information content (AvgIpc) is 2.44. The van der Waals surface area contributed by atoms with Gasteiger partial charge in [0.05, 0.1) is 5.54 Å². The topological polar surface area (TPSA) is 75.4 Å². The van der Waals surface area contributed by atoms with Crippen LogP contribution in [0.1, 0.15) is 42.6 Å².